The van der Waals surface area contributed by atoms with E-state index in [-0.39, 0.29) is 12.6 Å². The van der Waals surface area contributed by atoms with Crippen LogP contribution in [0.5, 0.6) is 0 Å². The van der Waals surface area contributed by atoms with E-state index < -0.39 is 18.1 Å². The molecule has 0 saturated carbocycles. The number of para-hydroxylation sites is 1. The average Bonchev–Trinajstić information content (AvgIpc) is 3.38. The van der Waals surface area contributed by atoms with Crippen LogP contribution in [0.15, 0.2) is 42.5 Å². The van der Waals surface area contributed by atoms with Gasteiger partial charge in [0.05, 0.1) is 6.54 Å². The van der Waals surface area contributed by atoms with E-state index in [1.165, 1.54) is 35.9 Å². The first kappa shape index (κ1) is 26.0. The summed E-state index contributed by atoms with van der Waals surface area (Å²) in [4.78, 5) is 7.33. The van der Waals surface area contributed by atoms with Crippen LogP contribution >= 0.6 is 0 Å². The zero-order chi connectivity index (χ0) is 26.0. The van der Waals surface area contributed by atoms with E-state index in [9.17, 15) is 17.6 Å². The zero-order valence-electron chi connectivity index (χ0n) is 21.4. The maximum Gasteiger partial charge on any atom is 0.251 e. The molecule has 2 fully saturated rings. The van der Waals surface area contributed by atoms with Crippen molar-refractivity contribution >= 4 is 16.6 Å². The fraction of sp³-hybridized carbons (Fsp3) is 0.517. The van der Waals surface area contributed by atoms with Crippen molar-refractivity contribution < 1.29 is 17.6 Å². The maximum atomic E-state index is 13.3. The Morgan fingerprint density at radius 2 is 1.81 bits per heavy atom. The predicted molar refractivity (Wildman–Crippen MR) is 140 cm³/mol. The first-order valence-electron chi connectivity index (χ1n) is 13.3. The van der Waals surface area contributed by atoms with Gasteiger partial charge in [0.2, 0.25) is 0 Å². The number of hydrogen-bond acceptors (Lipinski definition) is 3. The van der Waals surface area contributed by atoms with E-state index in [2.05, 4.69) is 21.3 Å². The highest BCUT2D eigenvalue weighted by Gasteiger charge is 2.35. The number of halogens is 4. The molecule has 1 spiro atoms. The molecule has 2 unspecified atom stereocenters. The molecule has 1 aromatic heterocycles. The molecule has 4 nitrogen and oxygen atoms in total. The minimum absolute atomic E-state index is 0.143. The van der Waals surface area contributed by atoms with Gasteiger partial charge in [-0.2, -0.15) is 0 Å². The highest BCUT2D eigenvalue weighted by molar-refractivity contribution is 5.84. The Kier molecular flexibility index (Phi) is 7.77. The van der Waals surface area contributed by atoms with Gasteiger partial charge in [-0.1, -0.05) is 18.2 Å². The third-order valence-corrected chi connectivity index (χ3v) is 8.35. The molecular weight excluding hydrogens is 480 g/mol. The zero-order valence-corrected chi connectivity index (χ0v) is 21.4. The van der Waals surface area contributed by atoms with E-state index in [0.29, 0.717) is 17.6 Å². The van der Waals surface area contributed by atoms with Crippen molar-refractivity contribution in [1.82, 2.24) is 15.2 Å². The monoisotopic (exact) mass is 516 g/mol. The smallest absolute Gasteiger partial charge is 0.251 e. The molecule has 4 heterocycles. The van der Waals surface area contributed by atoms with Crippen LogP contribution in [-0.2, 0) is 13.0 Å². The summed E-state index contributed by atoms with van der Waals surface area (Å²) in [6.07, 6.45) is 3.23. The van der Waals surface area contributed by atoms with Gasteiger partial charge in [-0.05, 0) is 74.8 Å². The lowest BCUT2D eigenvalue weighted by atomic mass is 9.80. The molecule has 0 aliphatic carbocycles. The number of rotatable bonds is 3. The number of alkyl halides is 2. The summed E-state index contributed by atoms with van der Waals surface area (Å²) in [5.41, 5.74) is 4.59. The number of aromatic amines is 1. The standard InChI is InChI=1S/C15H20F2N2.C14H16F2N2/c16-12-8-13(17)10-14(9-12)19-6-1-2-15(4-7-19)3-5-18-11-15;1-9-6-11-10-4-2-3-5-12(10)17-13(11)7-18(9)8-14(15)16/h8-10,18H,1-7,11H2;2-5,9,14,17H,6-8H2,1H3. The molecule has 2 aromatic carbocycles. The highest BCUT2D eigenvalue weighted by atomic mass is 19.3. The summed E-state index contributed by atoms with van der Waals surface area (Å²) in [5, 5.41) is 4.68. The van der Waals surface area contributed by atoms with Crippen LogP contribution in [0.2, 0.25) is 0 Å². The lowest BCUT2D eigenvalue weighted by Crippen LogP contribution is -2.40. The summed E-state index contributed by atoms with van der Waals surface area (Å²) in [6, 6.07) is 12.1. The molecule has 6 rings (SSSR count). The van der Waals surface area contributed by atoms with E-state index in [0.717, 1.165) is 62.7 Å². The van der Waals surface area contributed by atoms with Crippen molar-refractivity contribution in [2.75, 3.05) is 37.6 Å². The number of benzene rings is 2. The highest BCUT2D eigenvalue weighted by Crippen LogP contribution is 2.38. The van der Waals surface area contributed by atoms with Crippen molar-refractivity contribution in [1.29, 1.82) is 0 Å². The summed E-state index contributed by atoms with van der Waals surface area (Å²) in [6.45, 7) is 6.46. The van der Waals surface area contributed by atoms with Gasteiger partial charge in [0.15, 0.2) is 0 Å². The minimum Gasteiger partial charge on any atom is -0.371 e. The lowest BCUT2D eigenvalue weighted by Gasteiger charge is -2.33. The molecule has 2 N–H and O–H groups in total. The van der Waals surface area contributed by atoms with E-state index in [1.807, 2.05) is 30.0 Å². The Morgan fingerprint density at radius 1 is 1.03 bits per heavy atom. The van der Waals surface area contributed by atoms with Gasteiger partial charge in [-0.15, -0.1) is 0 Å². The molecule has 3 aliphatic heterocycles. The van der Waals surface area contributed by atoms with Crippen LogP contribution in [0.25, 0.3) is 10.9 Å². The van der Waals surface area contributed by atoms with Crippen LogP contribution < -0.4 is 10.2 Å². The largest absolute Gasteiger partial charge is 0.371 e. The second-order valence-electron chi connectivity index (χ2n) is 10.9. The Balaban J connectivity index is 0.000000152. The number of nitrogens with one attached hydrogen (secondary N) is 2. The normalized spacial score (nSPS) is 24.3. The third-order valence-electron chi connectivity index (χ3n) is 8.35. The van der Waals surface area contributed by atoms with Gasteiger partial charge in [0, 0.05) is 60.6 Å². The Hall–Kier alpha value is -2.58. The van der Waals surface area contributed by atoms with Crippen molar-refractivity contribution in [3.8, 4) is 0 Å². The summed E-state index contributed by atoms with van der Waals surface area (Å²) in [7, 11) is 0. The van der Waals surface area contributed by atoms with Gasteiger partial charge in [-0.25, -0.2) is 17.6 Å². The van der Waals surface area contributed by atoms with Gasteiger partial charge in [0.1, 0.15) is 11.6 Å². The second kappa shape index (κ2) is 11.0. The summed E-state index contributed by atoms with van der Waals surface area (Å²) in [5.74, 6) is -0.979. The Bertz CT molecular complexity index is 1180. The predicted octanol–water partition coefficient (Wildman–Crippen LogP) is 6.11. The van der Waals surface area contributed by atoms with Crippen LogP contribution in [0, 0.1) is 17.0 Å². The molecule has 3 aromatic rings. The SMILES string of the molecule is CC1Cc2c([nH]c3ccccc23)CN1CC(F)F.Fc1cc(F)cc(N2CCCC3(CCNC3)CC2)c1. The number of fused-ring (bicyclic) bond motifs is 3. The van der Waals surface area contributed by atoms with Crippen molar-refractivity contribution in [3.63, 3.8) is 0 Å². The quantitative estimate of drug-likeness (QED) is 0.412. The lowest BCUT2D eigenvalue weighted by molar-refractivity contribution is 0.0597. The molecule has 2 atom stereocenters. The number of aromatic nitrogens is 1. The van der Waals surface area contributed by atoms with Crippen molar-refractivity contribution in [2.45, 2.75) is 58.0 Å². The fourth-order valence-electron chi connectivity index (χ4n) is 6.29. The van der Waals surface area contributed by atoms with Crippen LogP contribution in [0.4, 0.5) is 23.2 Å². The average molecular weight is 517 g/mol. The first-order chi connectivity index (χ1) is 17.8. The van der Waals surface area contributed by atoms with Crippen LogP contribution in [0.3, 0.4) is 0 Å². The van der Waals surface area contributed by atoms with E-state index in [1.54, 1.807) is 0 Å². The van der Waals surface area contributed by atoms with Gasteiger partial charge >= 0.3 is 0 Å². The number of hydrogen-bond donors (Lipinski definition) is 2. The summed E-state index contributed by atoms with van der Waals surface area (Å²) >= 11 is 0. The molecule has 0 amide bonds. The molecule has 0 radical (unpaired) electrons. The minimum atomic E-state index is -2.27. The van der Waals surface area contributed by atoms with Crippen LogP contribution in [0.1, 0.15) is 43.9 Å². The maximum absolute atomic E-state index is 13.3. The van der Waals surface area contributed by atoms with Gasteiger partial charge in [-0.3, -0.25) is 4.90 Å². The number of anilines is 1. The van der Waals surface area contributed by atoms with Crippen molar-refractivity contribution in [3.05, 3.63) is 65.4 Å². The molecule has 0 bridgehead atoms. The van der Waals surface area contributed by atoms with Gasteiger partial charge in [0.25, 0.3) is 6.43 Å². The van der Waals surface area contributed by atoms with Crippen molar-refractivity contribution in [2.24, 2.45) is 5.41 Å². The fourth-order valence-corrected chi connectivity index (χ4v) is 6.29. The molecule has 8 heteroatoms. The number of H-pyrrole nitrogens is 1. The van der Waals surface area contributed by atoms with E-state index >= 15 is 0 Å². The molecular formula is C29H36F4N4. The second-order valence-corrected chi connectivity index (χ2v) is 10.9. The van der Waals surface area contributed by atoms with Gasteiger partial charge < -0.3 is 15.2 Å². The third kappa shape index (κ3) is 5.96. The number of nitrogens with zero attached hydrogens (tertiary/aromatic N) is 2. The first-order valence-corrected chi connectivity index (χ1v) is 13.3. The Labute approximate surface area is 216 Å². The molecule has 3 aliphatic rings. The topological polar surface area (TPSA) is 34.3 Å². The summed E-state index contributed by atoms with van der Waals surface area (Å²) < 4.78 is 51.6. The van der Waals surface area contributed by atoms with E-state index in [4.69, 9.17) is 0 Å². The van der Waals surface area contributed by atoms with Crippen LogP contribution in [-0.4, -0.2) is 55.1 Å². The molecule has 2 saturated heterocycles. The molecule has 37 heavy (non-hydrogen) atoms. The molecule has 200 valence electrons. The Morgan fingerprint density at radius 3 is 2.54 bits per heavy atom.